The van der Waals surface area contributed by atoms with Gasteiger partial charge in [0.15, 0.2) is 0 Å². The first-order valence-electron chi connectivity index (χ1n) is 9.62. The lowest BCUT2D eigenvalue weighted by Crippen LogP contribution is -2.29. The fourth-order valence-electron chi connectivity index (χ4n) is 3.71. The third-order valence-corrected chi connectivity index (χ3v) is 6.18. The minimum Gasteiger partial charge on any atom is -0.376 e. The smallest absolute Gasteiger partial charge is 0.142 e. The van der Waals surface area contributed by atoms with E-state index in [0.29, 0.717) is 37.4 Å². The fraction of sp³-hybridized carbons (Fsp3) is 0.167. The number of halogens is 3. The Morgan fingerprint density at radius 2 is 1.70 bits per heavy atom. The molecule has 2 heterocycles. The van der Waals surface area contributed by atoms with E-state index in [1.807, 2.05) is 36.4 Å². The van der Waals surface area contributed by atoms with Crippen LogP contribution in [0.15, 0.2) is 67.0 Å². The summed E-state index contributed by atoms with van der Waals surface area (Å²) in [5, 5.41) is 14.3. The molecule has 0 saturated carbocycles. The summed E-state index contributed by atoms with van der Waals surface area (Å²) in [6, 6.07) is 16.3. The van der Waals surface area contributed by atoms with Gasteiger partial charge in [0.1, 0.15) is 10.8 Å². The van der Waals surface area contributed by atoms with Crippen LogP contribution in [0.1, 0.15) is 35.6 Å². The fourth-order valence-corrected chi connectivity index (χ4v) is 4.57. The van der Waals surface area contributed by atoms with Crippen LogP contribution in [0.3, 0.4) is 0 Å². The van der Waals surface area contributed by atoms with Crippen molar-refractivity contribution in [3.05, 3.63) is 104 Å². The van der Waals surface area contributed by atoms with Gasteiger partial charge in [0.2, 0.25) is 0 Å². The van der Waals surface area contributed by atoms with E-state index < -0.39 is 5.60 Å². The summed E-state index contributed by atoms with van der Waals surface area (Å²) < 4.78 is 0. The first-order valence-corrected chi connectivity index (χ1v) is 10.8. The summed E-state index contributed by atoms with van der Waals surface area (Å²) in [4.78, 5) is 8.71. The van der Waals surface area contributed by atoms with Crippen molar-refractivity contribution in [3.8, 4) is 0 Å². The number of hydrogen-bond acceptors (Lipinski definition) is 3. The second-order valence-electron chi connectivity index (χ2n) is 7.14. The monoisotopic (exact) mass is 456 g/mol. The first kappa shape index (κ1) is 21.1. The Balaban J connectivity index is 2.00. The number of rotatable bonds is 5. The van der Waals surface area contributed by atoms with Gasteiger partial charge in [-0.1, -0.05) is 72.4 Å². The number of nitrogens with zero attached hydrogens (tertiary/aromatic N) is 2. The summed E-state index contributed by atoms with van der Waals surface area (Å²) in [7, 11) is 0. The van der Waals surface area contributed by atoms with Crippen LogP contribution in [0.4, 0.5) is 0 Å². The van der Waals surface area contributed by atoms with Gasteiger partial charge in [0.05, 0.1) is 10.5 Å². The molecule has 152 valence electrons. The highest BCUT2D eigenvalue weighted by Gasteiger charge is 2.35. The minimum atomic E-state index is -1.47. The zero-order valence-corrected chi connectivity index (χ0v) is 18.5. The molecule has 3 nitrogen and oxygen atoms in total. The van der Waals surface area contributed by atoms with Crippen LogP contribution in [0.2, 0.25) is 15.2 Å². The van der Waals surface area contributed by atoms with Gasteiger partial charge in [-0.05, 0) is 47.9 Å². The van der Waals surface area contributed by atoms with Crippen LogP contribution in [-0.4, -0.2) is 15.1 Å². The average Bonchev–Trinajstić information content (AvgIpc) is 2.76. The molecule has 0 bridgehead atoms. The number of pyridine rings is 2. The second kappa shape index (κ2) is 8.52. The predicted octanol–water partition coefficient (Wildman–Crippen LogP) is 6.83. The summed E-state index contributed by atoms with van der Waals surface area (Å²) in [5.41, 5.74) is 1.92. The zero-order chi connectivity index (χ0) is 21.3. The summed E-state index contributed by atoms with van der Waals surface area (Å²) >= 11 is 19.3. The largest absolute Gasteiger partial charge is 0.376 e. The van der Waals surface area contributed by atoms with Crippen LogP contribution in [0.25, 0.3) is 10.9 Å². The van der Waals surface area contributed by atoms with Crippen LogP contribution in [0.5, 0.6) is 0 Å². The lowest BCUT2D eigenvalue weighted by molar-refractivity contribution is 0.125. The van der Waals surface area contributed by atoms with Gasteiger partial charge in [-0.15, -0.1) is 0 Å². The van der Waals surface area contributed by atoms with Crippen LogP contribution >= 0.6 is 34.8 Å². The van der Waals surface area contributed by atoms with Gasteiger partial charge < -0.3 is 5.11 Å². The van der Waals surface area contributed by atoms with Crippen LogP contribution in [0, 0.1) is 0 Å². The van der Waals surface area contributed by atoms with E-state index in [9.17, 15) is 5.11 Å². The first-order chi connectivity index (χ1) is 14.4. The lowest BCUT2D eigenvalue weighted by atomic mass is 9.80. The van der Waals surface area contributed by atoms with Crippen LogP contribution < -0.4 is 0 Å². The molecule has 4 rings (SSSR count). The molecule has 2 aromatic heterocycles. The van der Waals surface area contributed by atoms with E-state index in [1.54, 1.807) is 30.6 Å². The van der Waals surface area contributed by atoms with Gasteiger partial charge in [-0.3, -0.25) is 4.98 Å². The molecular formula is C24H19Cl3N2O. The average molecular weight is 458 g/mol. The van der Waals surface area contributed by atoms with E-state index in [4.69, 9.17) is 34.8 Å². The van der Waals surface area contributed by atoms with Crippen molar-refractivity contribution in [2.24, 2.45) is 0 Å². The molecule has 0 aliphatic carbocycles. The normalized spacial score (nSPS) is 13.4. The number of fused-ring (bicyclic) bond motifs is 1. The molecule has 1 N–H and O–H groups in total. The number of aliphatic hydroxyl groups is 1. The van der Waals surface area contributed by atoms with Gasteiger partial charge in [-0.2, -0.15) is 0 Å². The Morgan fingerprint density at radius 1 is 0.933 bits per heavy atom. The summed E-state index contributed by atoms with van der Waals surface area (Å²) in [5.74, 6) is 0. The molecule has 2 aromatic carbocycles. The van der Waals surface area contributed by atoms with E-state index >= 15 is 0 Å². The molecular weight excluding hydrogens is 439 g/mol. The maximum absolute atomic E-state index is 12.0. The van der Waals surface area contributed by atoms with E-state index in [1.165, 1.54) is 0 Å². The van der Waals surface area contributed by atoms with Crippen molar-refractivity contribution >= 4 is 45.7 Å². The maximum atomic E-state index is 12.0. The predicted molar refractivity (Wildman–Crippen MR) is 124 cm³/mol. The zero-order valence-electron chi connectivity index (χ0n) is 16.2. The lowest BCUT2D eigenvalue weighted by Gasteiger charge is -2.30. The standard InChI is InChI=1S/C24H19Cl3N2O/c1-2-5-19-22(26)20-13-16(9-10-21(20)29-23(19)27)24(30,17-7-4-11-28-14-17)15-6-3-8-18(25)12-15/h3-4,6-14,30H,2,5H2,1H3. The molecule has 0 amide bonds. The van der Waals surface area contributed by atoms with E-state index in [0.717, 1.165) is 23.8 Å². The van der Waals surface area contributed by atoms with Crippen molar-refractivity contribution in [1.82, 2.24) is 9.97 Å². The van der Waals surface area contributed by atoms with Gasteiger partial charge >= 0.3 is 0 Å². The van der Waals surface area contributed by atoms with Crippen molar-refractivity contribution in [2.45, 2.75) is 25.4 Å². The number of aromatic nitrogens is 2. The highest BCUT2D eigenvalue weighted by molar-refractivity contribution is 6.39. The summed E-state index contributed by atoms with van der Waals surface area (Å²) in [6.45, 7) is 2.06. The molecule has 0 radical (unpaired) electrons. The molecule has 6 heteroatoms. The van der Waals surface area contributed by atoms with Gasteiger partial charge in [0.25, 0.3) is 0 Å². The Hall–Kier alpha value is -2.17. The molecule has 0 aliphatic heterocycles. The number of hydrogen-bond donors (Lipinski definition) is 1. The Kier molecular flexibility index (Phi) is 5.99. The minimum absolute atomic E-state index is 0.416. The SMILES string of the molecule is CCCc1c(Cl)nc2ccc(C(O)(c3cccnc3)c3cccc(Cl)c3)cc2c1Cl. The second-order valence-corrected chi connectivity index (χ2v) is 8.31. The van der Waals surface area contributed by atoms with Crippen molar-refractivity contribution < 1.29 is 5.11 Å². The van der Waals surface area contributed by atoms with Gasteiger partial charge in [0, 0.05) is 33.9 Å². The molecule has 4 aromatic rings. The summed E-state index contributed by atoms with van der Waals surface area (Å²) in [6.07, 6.45) is 4.94. The van der Waals surface area contributed by atoms with Crippen LogP contribution in [-0.2, 0) is 12.0 Å². The van der Waals surface area contributed by atoms with E-state index in [2.05, 4.69) is 16.9 Å². The highest BCUT2D eigenvalue weighted by Crippen LogP contribution is 2.40. The Morgan fingerprint density at radius 3 is 2.40 bits per heavy atom. The maximum Gasteiger partial charge on any atom is 0.142 e. The molecule has 0 fully saturated rings. The molecule has 30 heavy (non-hydrogen) atoms. The highest BCUT2D eigenvalue weighted by atomic mass is 35.5. The third kappa shape index (κ3) is 3.67. The molecule has 0 spiro atoms. The quantitative estimate of drug-likeness (QED) is 0.334. The Bertz CT molecular complexity index is 1210. The number of benzene rings is 2. The van der Waals surface area contributed by atoms with Gasteiger partial charge in [-0.25, -0.2) is 4.98 Å². The van der Waals surface area contributed by atoms with Crippen molar-refractivity contribution in [3.63, 3.8) is 0 Å². The van der Waals surface area contributed by atoms with Crippen molar-refractivity contribution in [2.75, 3.05) is 0 Å². The van der Waals surface area contributed by atoms with Crippen molar-refractivity contribution in [1.29, 1.82) is 0 Å². The molecule has 1 atom stereocenters. The topological polar surface area (TPSA) is 46.0 Å². The molecule has 1 unspecified atom stereocenters. The third-order valence-electron chi connectivity index (χ3n) is 5.21. The molecule has 0 aliphatic rings. The Labute approximate surface area is 190 Å². The van der Waals surface area contributed by atoms with E-state index in [-0.39, 0.29) is 0 Å². The molecule has 0 saturated heterocycles.